The Hall–Kier alpha value is -1.13. The lowest BCUT2D eigenvalue weighted by atomic mass is 10.1. The number of benzene rings is 2. The highest BCUT2D eigenvalue weighted by Gasteiger charge is 2.09. The van der Waals surface area contributed by atoms with Gasteiger partial charge in [0.25, 0.3) is 0 Å². The summed E-state index contributed by atoms with van der Waals surface area (Å²) in [6.07, 6.45) is 0.683. The molecule has 22 heavy (non-hydrogen) atoms. The van der Waals surface area contributed by atoms with Crippen molar-refractivity contribution in [2.45, 2.75) is 19.5 Å². The van der Waals surface area contributed by atoms with E-state index in [1.807, 2.05) is 12.1 Å². The van der Waals surface area contributed by atoms with Crippen LogP contribution in [-0.4, -0.2) is 23.2 Å². The molecule has 0 aliphatic heterocycles. The molecule has 2 nitrogen and oxygen atoms in total. The first-order valence-corrected chi connectivity index (χ1v) is 7.85. The van der Waals surface area contributed by atoms with Crippen LogP contribution in [0.5, 0.6) is 0 Å². The molecule has 0 amide bonds. The smallest absolute Gasteiger partial charge is 0.123 e. The van der Waals surface area contributed by atoms with Crippen LogP contribution in [0.4, 0.5) is 4.39 Å². The van der Waals surface area contributed by atoms with Crippen molar-refractivity contribution in [2.24, 2.45) is 0 Å². The van der Waals surface area contributed by atoms with E-state index in [-0.39, 0.29) is 12.4 Å². The fourth-order valence-electron chi connectivity index (χ4n) is 2.25. The normalized spacial score (nSPS) is 11.1. The highest BCUT2D eigenvalue weighted by molar-refractivity contribution is 6.42. The summed E-state index contributed by atoms with van der Waals surface area (Å²) >= 11 is 12.0. The maximum absolute atomic E-state index is 13.0. The van der Waals surface area contributed by atoms with E-state index in [1.165, 1.54) is 12.1 Å². The van der Waals surface area contributed by atoms with E-state index in [2.05, 4.69) is 4.90 Å². The van der Waals surface area contributed by atoms with Crippen molar-refractivity contribution in [2.75, 3.05) is 13.2 Å². The van der Waals surface area contributed by atoms with Crippen LogP contribution >= 0.6 is 23.2 Å². The Kier molecular flexibility index (Phi) is 6.65. The molecular weight excluding hydrogens is 324 g/mol. The molecule has 2 aromatic rings. The van der Waals surface area contributed by atoms with Gasteiger partial charge >= 0.3 is 0 Å². The van der Waals surface area contributed by atoms with Gasteiger partial charge in [-0.15, -0.1) is 0 Å². The van der Waals surface area contributed by atoms with E-state index in [4.69, 9.17) is 28.3 Å². The second-order valence-electron chi connectivity index (χ2n) is 5.16. The summed E-state index contributed by atoms with van der Waals surface area (Å²) in [4.78, 5) is 2.18. The molecule has 2 aromatic carbocycles. The maximum Gasteiger partial charge on any atom is 0.123 e. The van der Waals surface area contributed by atoms with Crippen molar-refractivity contribution in [3.05, 3.63) is 69.5 Å². The largest absolute Gasteiger partial charge is 0.396 e. The first kappa shape index (κ1) is 17.2. The van der Waals surface area contributed by atoms with Crippen LogP contribution in [0.25, 0.3) is 0 Å². The molecule has 0 radical (unpaired) electrons. The van der Waals surface area contributed by atoms with Gasteiger partial charge in [-0.25, -0.2) is 4.39 Å². The van der Waals surface area contributed by atoms with Crippen molar-refractivity contribution in [3.8, 4) is 0 Å². The van der Waals surface area contributed by atoms with Crippen molar-refractivity contribution in [1.82, 2.24) is 4.90 Å². The third kappa shape index (κ3) is 5.25. The Morgan fingerprint density at radius 1 is 0.909 bits per heavy atom. The van der Waals surface area contributed by atoms with Gasteiger partial charge in [0.15, 0.2) is 0 Å². The highest BCUT2D eigenvalue weighted by Crippen LogP contribution is 2.23. The topological polar surface area (TPSA) is 23.5 Å². The van der Waals surface area contributed by atoms with Gasteiger partial charge in [-0.1, -0.05) is 41.4 Å². The minimum absolute atomic E-state index is 0.140. The number of aliphatic hydroxyl groups is 1. The predicted molar refractivity (Wildman–Crippen MR) is 88.7 cm³/mol. The van der Waals surface area contributed by atoms with Crippen molar-refractivity contribution >= 4 is 23.2 Å². The first-order chi connectivity index (χ1) is 10.6. The molecule has 0 atom stereocenters. The Labute approximate surface area is 140 Å². The van der Waals surface area contributed by atoms with Gasteiger partial charge in [-0.2, -0.15) is 0 Å². The van der Waals surface area contributed by atoms with E-state index in [9.17, 15) is 4.39 Å². The van der Waals surface area contributed by atoms with Crippen LogP contribution in [-0.2, 0) is 13.1 Å². The molecular formula is C17H18Cl2FNO. The van der Waals surface area contributed by atoms with Crippen LogP contribution < -0.4 is 0 Å². The summed E-state index contributed by atoms with van der Waals surface area (Å²) in [6, 6.07) is 12.0. The molecule has 0 aliphatic rings. The van der Waals surface area contributed by atoms with Gasteiger partial charge in [0.05, 0.1) is 10.0 Å². The standard InChI is InChI=1S/C17H18Cl2FNO/c18-16-7-4-14(10-17(16)19)12-21(8-1-9-22)11-13-2-5-15(20)6-3-13/h2-7,10,22H,1,8-9,11-12H2. The fraction of sp³-hybridized carbons (Fsp3) is 0.294. The SMILES string of the molecule is OCCCN(Cc1ccc(F)cc1)Cc1ccc(Cl)c(Cl)c1. The van der Waals surface area contributed by atoms with Gasteiger partial charge in [-0.05, 0) is 41.8 Å². The molecule has 5 heteroatoms. The van der Waals surface area contributed by atoms with Gasteiger partial charge in [0.1, 0.15) is 5.82 Å². The number of rotatable bonds is 7. The molecule has 1 N–H and O–H groups in total. The molecule has 0 spiro atoms. The van der Waals surface area contributed by atoms with Gasteiger partial charge in [-0.3, -0.25) is 4.90 Å². The van der Waals surface area contributed by atoms with Crippen LogP contribution in [0.2, 0.25) is 10.0 Å². The Morgan fingerprint density at radius 2 is 1.55 bits per heavy atom. The number of nitrogens with zero attached hydrogens (tertiary/aromatic N) is 1. The molecule has 0 fully saturated rings. The van der Waals surface area contributed by atoms with Crippen LogP contribution in [0.15, 0.2) is 42.5 Å². The summed E-state index contributed by atoms with van der Waals surface area (Å²) < 4.78 is 13.0. The Balaban J connectivity index is 2.07. The molecule has 0 saturated heterocycles. The summed E-state index contributed by atoms with van der Waals surface area (Å²) in [5.41, 5.74) is 2.08. The Bertz CT molecular complexity index is 604. The lowest BCUT2D eigenvalue weighted by Crippen LogP contribution is -2.24. The monoisotopic (exact) mass is 341 g/mol. The molecule has 0 aromatic heterocycles. The number of hydrogen-bond donors (Lipinski definition) is 1. The second-order valence-corrected chi connectivity index (χ2v) is 5.98. The summed E-state index contributed by atoms with van der Waals surface area (Å²) in [5.74, 6) is -0.241. The average molecular weight is 342 g/mol. The molecule has 0 aliphatic carbocycles. The summed E-state index contributed by atoms with van der Waals surface area (Å²) in [5, 5.41) is 10.1. The second kappa shape index (κ2) is 8.49. The van der Waals surface area contributed by atoms with E-state index in [0.717, 1.165) is 17.7 Å². The third-order valence-electron chi connectivity index (χ3n) is 3.34. The van der Waals surface area contributed by atoms with E-state index in [0.29, 0.717) is 29.6 Å². The molecule has 2 rings (SSSR count). The fourth-order valence-corrected chi connectivity index (χ4v) is 2.57. The zero-order chi connectivity index (χ0) is 15.9. The Morgan fingerprint density at radius 3 is 2.18 bits per heavy atom. The van der Waals surface area contributed by atoms with Crippen molar-refractivity contribution < 1.29 is 9.50 Å². The van der Waals surface area contributed by atoms with E-state index in [1.54, 1.807) is 18.2 Å². The van der Waals surface area contributed by atoms with Crippen molar-refractivity contribution in [3.63, 3.8) is 0 Å². The van der Waals surface area contributed by atoms with Gasteiger partial charge < -0.3 is 5.11 Å². The molecule has 0 bridgehead atoms. The zero-order valence-electron chi connectivity index (χ0n) is 12.1. The van der Waals surface area contributed by atoms with Crippen LogP contribution in [0, 0.1) is 5.82 Å². The minimum Gasteiger partial charge on any atom is -0.396 e. The maximum atomic E-state index is 13.0. The number of halogens is 3. The van der Waals surface area contributed by atoms with Crippen molar-refractivity contribution in [1.29, 1.82) is 0 Å². The summed E-state index contributed by atoms with van der Waals surface area (Å²) in [6.45, 7) is 2.25. The summed E-state index contributed by atoms with van der Waals surface area (Å²) in [7, 11) is 0. The minimum atomic E-state index is -0.241. The zero-order valence-corrected chi connectivity index (χ0v) is 13.6. The molecule has 0 unspecified atom stereocenters. The third-order valence-corrected chi connectivity index (χ3v) is 4.08. The van der Waals surface area contributed by atoms with E-state index >= 15 is 0 Å². The predicted octanol–water partition coefficient (Wildman–Crippen LogP) is 4.52. The quantitative estimate of drug-likeness (QED) is 0.800. The first-order valence-electron chi connectivity index (χ1n) is 7.10. The average Bonchev–Trinajstić information content (AvgIpc) is 2.51. The lowest BCUT2D eigenvalue weighted by molar-refractivity contribution is 0.212. The van der Waals surface area contributed by atoms with Gasteiger partial charge in [0.2, 0.25) is 0 Å². The van der Waals surface area contributed by atoms with Gasteiger partial charge in [0, 0.05) is 26.2 Å². The molecule has 0 saturated carbocycles. The molecule has 0 heterocycles. The van der Waals surface area contributed by atoms with E-state index < -0.39 is 0 Å². The molecule has 118 valence electrons. The number of aliphatic hydroxyl groups excluding tert-OH is 1. The van der Waals surface area contributed by atoms with Crippen LogP contribution in [0.1, 0.15) is 17.5 Å². The lowest BCUT2D eigenvalue weighted by Gasteiger charge is -2.22. The number of hydrogen-bond acceptors (Lipinski definition) is 2. The van der Waals surface area contributed by atoms with Crippen LogP contribution in [0.3, 0.4) is 0 Å². The highest BCUT2D eigenvalue weighted by atomic mass is 35.5.